The third kappa shape index (κ3) is 3.85. The number of rotatable bonds is 3. The van der Waals surface area contributed by atoms with Gasteiger partial charge in [-0.3, -0.25) is 10.1 Å². The maximum Gasteiger partial charge on any atom is 0.128 e. The fourth-order valence-corrected chi connectivity index (χ4v) is 4.88. The molecule has 3 fully saturated rings. The van der Waals surface area contributed by atoms with E-state index >= 15 is 0 Å². The van der Waals surface area contributed by atoms with Gasteiger partial charge in [0.2, 0.25) is 0 Å². The van der Waals surface area contributed by atoms with E-state index in [0.717, 1.165) is 50.7 Å². The van der Waals surface area contributed by atoms with Crippen LogP contribution in [-0.2, 0) is 5.54 Å². The Kier molecular flexibility index (Phi) is 5.26. The Morgan fingerprint density at radius 3 is 2.70 bits per heavy atom. The molecule has 8 nitrogen and oxygen atoms in total. The monoisotopic (exact) mass is 410 g/mol. The summed E-state index contributed by atoms with van der Waals surface area (Å²) in [6, 6.07) is 7.42. The molecule has 0 amide bonds. The molecule has 4 unspecified atom stereocenters. The molecule has 0 bridgehead atoms. The fraction of sp³-hybridized carbons (Fsp3) is 0.636. The highest BCUT2D eigenvalue weighted by Gasteiger charge is 2.42. The summed E-state index contributed by atoms with van der Waals surface area (Å²) in [6.07, 6.45) is 5.29. The van der Waals surface area contributed by atoms with Crippen LogP contribution in [0, 0.1) is 5.92 Å². The number of hydrogen-bond donors (Lipinski definition) is 4. The lowest BCUT2D eigenvalue weighted by atomic mass is 9.82. The van der Waals surface area contributed by atoms with Crippen LogP contribution < -0.4 is 26.4 Å². The lowest BCUT2D eigenvalue weighted by molar-refractivity contribution is 0.265. The van der Waals surface area contributed by atoms with Gasteiger partial charge in [-0.2, -0.15) is 5.10 Å². The van der Waals surface area contributed by atoms with Crippen molar-refractivity contribution in [1.29, 1.82) is 0 Å². The Morgan fingerprint density at radius 1 is 1.10 bits per heavy atom. The highest BCUT2D eigenvalue weighted by Crippen LogP contribution is 2.38. The predicted molar refractivity (Wildman–Crippen MR) is 118 cm³/mol. The first-order valence-corrected chi connectivity index (χ1v) is 11.2. The van der Waals surface area contributed by atoms with Crippen molar-refractivity contribution in [3.8, 4) is 0 Å². The molecule has 0 radical (unpaired) electrons. The zero-order chi connectivity index (χ0) is 20.7. The summed E-state index contributed by atoms with van der Waals surface area (Å²) in [5, 5.41) is 11.7. The predicted octanol–water partition coefficient (Wildman–Crippen LogP) is 1.31. The summed E-state index contributed by atoms with van der Waals surface area (Å²) in [6.45, 7) is 11.6. The molecule has 2 aromatic rings. The number of nitrogens with one attached hydrogen (secondary N) is 4. The fourth-order valence-electron chi connectivity index (χ4n) is 4.88. The molecule has 3 aliphatic heterocycles. The van der Waals surface area contributed by atoms with Crippen LogP contribution >= 0.6 is 0 Å². The molecular formula is C22H34N8. The van der Waals surface area contributed by atoms with Crippen LogP contribution in [0.25, 0.3) is 0 Å². The first kappa shape index (κ1) is 19.9. The van der Waals surface area contributed by atoms with Crippen LogP contribution in [0.5, 0.6) is 0 Å². The molecule has 5 heterocycles. The quantitative estimate of drug-likeness (QED) is 0.607. The molecular weight excluding hydrogens is 376 g/mol. The number of aromatic nitrogens is 3. The number of anilines is 1. The van der Waals surface area contributed by atoms with Crippen LogP contribution in [0.4, 0.5) is 5.82 Å². The summed E-state index contributed by atoms with van der Waals surface area (Å²) < 4.78 is 2.07. The maximum atomic E-state index is 5.06. The second kappa shape index (κ2) is 7.92. The number of nitrogens with zero attached hydrogens (tertiary/aromatic N) is 4. The standard InChI is InChI=1S/C22H34N8/c1-22(2,3)30-14-15(12-25-30)18-11-16-19(13-24-18)27-28-21(16)17-5-4-6-20(26-17)29-9-7-23-8-10-29/h4-6,12,14,16,18-19,21,23-24,27-28H,7-11,13H2,1-3H3. The molecule has 5 rings (SSSR count). The molecule has 2 aromatic heterocycles. The van der Waals surface area contributed by atoms with Crippen molar-refractivity contribution in [3.63, 3.8) is 0 Å². The van der Waals surface area contributed by atoms with Gasteiger partial charge < -0.3 is 15.5 Å². The zero-order valence-electron chi connectivity index (χ0n) is 18.2. The number of hydrazine groups is 1. The van der Waals surface area contributed by atoms with Gasteiger partial charge in [0, 0.05) is 62.5 Å². The smallest absolute Gasteiger partial charge is 0.128 e. The molecule has 0 spiro atoms. The van der Waals surface area contributed by atoms with Crippen molar-refractivity contribution in [2.45, 2.75) is 50.9 Å². The Labute approximate surface area is 178 Å². The van der Waals surface area contributed by atoms with Crippen molar-refractivity contribution >= 4 is 5.82 Å². The van der Waals surface area contributed by atoms with Gasteiger partial charge in [-0.15, -0.1) is 0 Å². The van der Waals surface area contributed by atoms with Crippen molar-refractivity contribution in [2.75, 3.05) is 37.6 Å². The first-order chi connectivity index (χ1) is 14.5. The van der Waals surface area contributed by atoms with Crippen molar-refractivity contribution < 1.29 is 0 Å². The van der Waals surface area contributed by atoms with Crippen molar-refractivity contribution in [1.82, 2.24) is 36.2 Å². The third-order valence-electron chi connectivity index (χ3n) is 6.67. The van der Waals surface area contributed by atoms with E-state index in [1.165, 1.54) is 5.56 Å². The van der Waals surface area contributed by atoms with Crippen LogP contribution in [0.1, 0.15) is 50.5 Å². The van der Waals surface area contributed by atoms with Gasteiger partial charge in [0.1, 0.15) is 5.82 Å². The van der Waals surface area contributed by atoms with Crippen LogP contribution in [0.2, 0.25) is 0 Å². The summed E-state index contributed by atoms with van der Waals surface area (Å²) in [5.74, 6) is 1.58. The number of piperazine rings is 1. The number of hydrogen-bond acceptors (Lipinski definition) is 7. The van der Waals surface area contributed by atoms with E-state index in [1.54, 1.807) is 0 Å². The van der Waals surface area contributed by atoms with Crippen LogP contribution in [0.15, 0.2) is 30.6 Å². The lowest BCUT2D eigenvalue weighted by Gasteiger charge is -2.34. The van der Waals surface area contributed by atoms with Gasteiger partial charge in [0.25, 0.3) is 0 Å². The normalized spacial score (nSPS) is 29.8. The summed E-state index contributed by atoms with van der Waals surface area (Å²) in [7, 11) is 0. The molecule has 162 valence electrons. The lowest BCUT2D eigenvalue weighted by Crippen LogP contribution is -2.46. The van der Waals surface area contributed by atoms with Gasteiger partial charge >= 0.3 is 0 Å². The molecule has 4 N–H and O–H groups in total. The summed E-state index contributed by atoms with van der Waals surface area (Å²) in [4.78, 5) is 7.44. The van der Waals surface area contributed by atoms with Gasteiger partial charge in [-0.05, 0) is 39.3 Å². The molecule has 8 heteroatoms. The number of fused-ring (bicyclic) bond motifs is 1. The summed E-state index contributed by atoms with van der Waals surface area (Å²) in [5.41, 5.74) is 9.47. The Morgan fingerprint density at radius 2 is 1.93 bits per heavy atom. The minimum absolute atomic E-state index is 0.00277. The van der Waals surface area contributed by atoms with E-state index in [0.29, 0.717) is 18.0 Å². The topological polar surface area (TPSA) is 82.1 Å². The second-order valence-corrected chi connectivity index (χ2v) is 9.78. The Hall–Kier alpha value is -2.00. The molecule has 3 aliphatic rings. The number of pyridine rings is 1. The Balaban J connectivity index is 1.34. The molecule has 4 atom stereocenters. The minimum Gasteiger partial charge on any atom is -0.354 e. The van der Waals surface area contributed by atoms with Crippen LogP contribution in [-0.4, -0.2) is 53.5 Å². The maximum absolute atomic E-state index is 5.06. The SMILES string of the molecule is CC(C)(C)n1cc(C2CC3C(CN2)NNC3c2cccc(N3CCNCC3)n2)cn1. The van der Waals surface area contributed by atoms with E-state index in [1.807, 2.05) is 6.20 Å². The van der Waals surface area contributed by atoms with Gasteiger partial charge in [-0.25, -0.2) is 10.4 Å². The molecule has 0 aliphatic carbocycles. The van der Waals surface area contributed by atoms with Crippen molar-refractivity contribution in [2.24, 2.45) is 5.92 Å². The van der Waals surface area contributed by atoms with E-state index in [-0.39, 0.29) is 11.6 Å². The van der Waals surface area contributed by atoms with Gasteiger partial charge in [-0.1, -0.05) is 6.07 Å². The van der Waals surface area contributed by atoms with E-state index in [2.05, 4.69) is 81.3 Å². The molecule has 3 saturated heterocycles. The van der Waals surface area contributed by atoms with Crippen molar-refractivity contribution in [3.05, 3.63) is 41.9 Å². The first-order valence-electron chi connectivity index (χ1n) is 11.2. The zero-order valence-corrected chi connectivity index (χ0v) is 18.2. The Bertz CT molecular complexity index is 866. The van der Waals surface area contributed by atoms with Gasteiger partial charge in [0.05, 0.1) is 23.5 Å². The second-order valence-electron chi connectivity index (χ2n) is 9.78. The van der Waals surface area contributed by atoms with Crippen LogP contribution in [0.3, 0.4) is 0 Å². The van der Waals surface area contributed by atoms with E-state index < -0.39 is 0 Å². The minimum atomic E-state index is 0.00277. The summed E-state index contributed by atoms with van der Waals surface area (Å²) >= 11 is 0. The third-order valence-corrected chi connectivity index (χ3v) is 6.67. The molecule has 0 aromatic carbocycles. The highest BCUT2D eigenvalue weighted by molar-refractivity contribution is 5.40. The average Bonchev–Trinajstić information content (AvgIpc) is 3.41. The molecule has 30 heavy (non-hydrogen) atoms. The average molecular weight is 411 g/mol. The van der Waals surface area contributed by atoms with E-state index in [9.17, 15) is 0 Å². The largest absolute Gasteiger partial charge is 0.354 e. The highest BCUT2D eigenvalue weighted by atomic mass is 15.4. The number of piperidine rings is 1. The van der Waals surface area contributed by atoms with Gasteiger partial charge in [0.15, 0.2) is 0 Å². The molecule has 0 saturated carbocycles. The van der Waals surface area contributed by atoms with E-state index in [4.69, 9.17) is 4.98 Å².